The molecular weight excluding hydrogens is 456 g/mol. The van der Waals surface area contributed by atoms with Gasteiger partial charge in [0.1, 0.15) is 0 Å². The molecule has 3 N–H and O–H groups in total. The van der Waals surface area contributed by atoms with Crippen LogP contribution in [0.5, 0.6) is 0 Å². The number of aliphatic hydroxyl groups is 1. The van der Waals surface area contributed by atoms with Gasteiger partial charge in [-0.25, -0.2) is 13.1 Å². The zero-order chi connectivity index (χ0) is 20.8. The first-order valence-corrected chi connectivity index (χ1v) is 12.7. The van der Waals surface area contributed by atoms with Gasteiger partial charge in [-0.1, -0.05) is 0 Å². The molecule has 3 atom stereocenters. The number of benzene rings is 1. The maximum Gasteiger partial charge on any atom is 0.241 e. The molecule has 1 aromatic carbocycles. The molecule has 29 heavy (non-hydrogen) atoms. The topological polar surface area (TPSA) is 87.7 Å². The highest BCUT2D eigenvalue weighted by atomic mass is 79.9. The zero-order valence-electron chi connectivity index (χ0n) is 17.1. The van der Waals surface area contributed by atoms with Gasteiger partial charge >= 0.3 is 0 Å². The number of rotatable bonds is 8. The van der Waals surface area contributed by atoms with E-state index < -0.39 is 10.0 Å². The number of methoxy groups -OCH3 is 1. The van der Waals surface area contributed by atoms with E-state index in [2.05, 4.69) is 26.0 Å². The summed E-state index contributed by atoms with van der Waals surface area (Å²) in [7, 11) is -1.90. The Balaban J connectivity index is 1.46. The number of aryl methyl sites for hydroxylation is 1. The van der Waals surface area contributed by atoms with Crippen LogP contribution in [0.2, 0.25) is 0 Å². The van der Waals surface area contributed by atoms with Crippen LogP contribution in [0.3, 0.4) is 0 Å². The highest BCUT2D eigenvalue weighted by molar-refractivity contribution is 9.10. The standard InChI is InChI=1S/C21H31BrN2O4S/c1-13-5-18(23-11-15-6-16(7-15)28-2)17(22)9-19(13)29(26,27)24-20-8-14-3-4-21(20,10-14)12-25/h5,9,14-16,20,23-25H,3-4,6-8,10-12H2,1-2H3/t14-,15?,16?,20+,21-/m0/s1. The molecule has 162 valence electrons. The fraction of sp³-hybridized carbons (Fsp3) is 0.714. The minimum Gasteiger partial charge on any atom is -0.396 e. The van der Waals surface area contributed by atoms with Crippen LogP contribution >= 0.6 is 15.9 Å². The van der Waals surface area contributed by atoms with Crippen LogP contribution < -0.4 is 10.0 Å². The number of sulfonamides is 1. The Labute approximate surface area is 182 Å². The number of ether oxygens (including phenoxy) is 1. The molecule has 3 aliphatic carbocycles. The Morgan fingerprint density at radius 2 is 2.07 bits per heavy atom. The van der Waals surface area contributed by atoms with Gasteiger partial charge in [-0.15, -0.1) is 0 Å². The van der Waals surface area contributed by atoms with Crippen molar-refractivity contribution < 1.29 is 18.3 Å². The summed E-state index contributed by atoms with van der Waals surface area (Å²) in [6, 6.07) is 3.41. The third kappa shape index (κ3) is 4.11. The monoisotopic (exact) mass is 486 g/mol. The summed E-state index contributed by atoms with van der Waals surface area (Å²) < 4.78 is 35.3. The maximum atomic E-state index is 13.1. The first-order valence-electron chi connectivity index (χ1n) is 10.5. The van der Waals surface area contributed by atoms with Crippen molar-refractivity contribution in [3.05, 3.63) is 22.2 Å². The van der Waals surface area contributed by atoms with Gasteiger partial charge in [-0.3, -0.25) is 0 Å². The lowest BCUT2D eigenvalue weighted by molar-refractivity contribution is 0.00563. The number of aliphatic hydroxyl groups excluding tert-OH is 1. The molecule has 0 heterocycles. The molecule has 0 radical (unpaired) electrons. The fourth-order valence-corrected chi connectivity index (χ4v) is 7.66. The number of hydrogen-bond acceptors (Lipinski definition) is 5. The van der Waals surface area contributed by atoms with Crippen molar-refractivity contribution in [2.45, 2.75) is 62.5 Å². The number of anilines is 1. The van der Waals surface area contributed by atoms with Crippen molar-refractivity contribution in [2.24, 2.45) is 17.3 Å². The molecule has 3 fully saturated rings. The van der Waals surface area contributed by atoms with Crippen LogP contribution in [0.1, 0.15) is 44.1 Å². The molecule has 0 aromatic heterocycles. The lowest BCUT2D eigenvalue weighted by atomic mass is 9.81. The molecule has 0 saturated heterocycles. The quantitative estimate of drug-likeness (QED) is 0.523. The van der Waals surface area contributed by atoms with E-state index in [9.17, 15) is 13.5 Å². The van der Waals surface area contributed by atoms with Gasteiger partial charge in [0.05, 0.1) is 17.6 Å². The predicted molar refractivity (Wildman–Crippen MR) is 116 cm³/mol. The van der Waals surface area contributed by atoms with Crippen LogP contribution in [0.15, 0.2) is 21.5 Å². The summed E-state index contributed by atoms with van der Waals surface area (Å²) in [5.74, 6) is 1.11. The summed E-state index contributed by atoms with van der Waals surface area (Å²) in [4.78, 5) is 0.300. The minimum absolute atomic E-state index is 0.0489. The van der Waals surface area contributed by atoms with Gasteiger partial charge in [0.2, 0.25) is 10.0 Å². The van der Waals surface area contributed by atoms with Crippen molar-refractivity contribution in [1.82, 2.24) is 4.72 Å². The lowest BCUT2D eigenvalue weighted by Gasteiger charge is -2.34. The summed E-state index contributed by atoms with van der Waals surface area (Å²) >= 11 is 3.54. The summed E-state index contributed by atoms with van der Waals surface area (Å²) in [5.41, 5.74) is 1.34. The molecule has 4 rings (SSSR count). The van der Waals surface area contributed by atoms with E-state index in [4.69, 9.17) is 4.74 Å². The molecule has 0 spiro atoms. The van der Waals surface area contributed by atoms with E-state index in [1.165, 1.54) is 0 Å². The third-order valence-corrected chi connectivity index (χ3v) is 9.60. The highest BCUT2D eigenvalue weighted by Crippen LogP contribution is 2.54. The Morgan fingerprint density at radius 1 is 1.31 bits per heavy atom. The van der Waals surface area contributed by atoms with Gasteiger partial charge in [0.25, 0.3) is 0 Å². The van der Waals surface area contributed by atoms with Crippen LogP contribution in [-0.4, -0.2) is 45.9 Å². The van der Waals surface area contributed by atoms with Crippen molar-refractivity contribution in [3.63, 3.8) is 0 Å². The molecule has 0 aliphatic heterocycles. The number of fused-ring (bicyclic) bond motifs is 2. The van der Waals surface area contributed by atoms with Crippen LogP contribution in [0.25, 0.3) is 0 Å². The summed E-state index contributed by atoms with van der Waals surface area (Å²) in [5, 5.41) is 13.4. The van der Waals surface area contributed by atoms with Gasteiger partial charge < -0.3 is 15.2 Å². The van der Waals surface area contributed by atoms with Crippen molar-refractivity contribution in [2.75, 3.05) is 25.6 Å². The molecule has 3 aliphatic rings. The minimum atomic E-state index is -3.66. The molecular formula is C21H31BrN2O4S. The van der Waals surface area contributed by atoms with Crippen molar-refractivity contribution >= 4 is 31.6 Å². The summed E-state index contributed by atoms with van der Waals surface area (Å²) in [6.07, 6.45) is 6.24. The first-order chi connectivity index (χ1) is 13.8. The van der Waals surface area contributed by atoms with E-state index in [0.717, 1.165) is 55.2 Å². The third-order valence-electron chi connectivity index (χ3n) is 7.33. The van der Waals surface area contributed by atoms with E-state index in [1.807, 2.05) is 13.0 Å². The Kier molecular flexibility index (Phi) is 6.03. The molecule has 8 heteroatoms. The van der Waals surface area contributed by atoms with Gasteiger partial charge in [0.15, 0.2) is 0 Å². The average molecular weight is 487 g/mol. The van der Waals surface area contributed by atoms with E-state index in [0.29, 0.717) is 28.4 Å². The Hall–Kier alpha value is -0.670. The van der Waals surface area contributed by atoms with E-state index in [-0.39, 0.29) is 18.1 Å². The second-order valence-electron chi connectivity index (χ2n) is 9.21. The molecule has 0 unspecified atom stereocenters. The smallest absolute Gasteiger partial charge is 0.241 e. The van der Waals surface area contributed by atoms with E-state index >= 15 is 0 Å². The Morgan fingerprint density at radius 3 is 2.72 bits per heavy atom. The van der Waals surface area contributed by atoms with Crippen molar-refractivity contribution in [1.29, 1.82) is 0 Å². The van der Waals surface area contributed by atoms with Gasteiger partial charge in [-0.2, -0.15) is 0 Å². The SMILES string of the molecule is COC1CC(CNc2cc(C)c(S(=O)(=O)N[C@@H]3C[C@@H]4CC[C@@]3(CO)C4)cc2Br)C1. The predicted octanol–water partition coefficient (Wildman–Crippen LogP) is 3.42. The molecule has 1 aromatic rings. The second kappa shape index (κ2) is 8.11. The first kappa shape index (κ1) is 21.6. The maximum absolute atomic E-state index is 13.1. The van der Waals surface area contributed by atoms with Gasteiger partial charge in [0, 0.05) is 35.3 Å². The van der Waals surface area contributed by atoms with Crippen LogP contribution in [0, 0.1) is 24.2 Å². The van der Waals surface area contributed by atoms with E-state index in [1.54, 1.807) is 13.2 Å². The fourth-order valence-electron chi connectivity index (χ4n) is 5.43. The number of halogens is 1. The zero-order valence-corrected chi connectivity index (χ0v) is 19.5. The second-order valence-corrected chi connectivity index (χ2v) is 11.7. The Bertz CT molecular complexity index is 872. The van der Waals surface area contributed by atoms with Crippen LogP contribution in [-0.2, 0) is 14.8 Å². The summed E-state index contributed by atoms with van der Waals surface area (Å²) in [6.45, 7) is 2.73. The van der Waals surface area contributed by atoms with Gasteiger partial charge in [-0.05, 0) is 90.9 Å². The van der Waals surface area contributed by atoms with Crippen LogP contribution in [0.4, 0.5) is 5.69 Å². The molecule has 6 nitrogen and oxygen atoms in total. The normalized spacial score (nSPS) is 33.7. The average Bonchev–Trinajstić information content (AvgIpc) is 3.21. The lowest BCUT2D eigenvalue weighted by Crippen LogP contribution is -2.46. The molecule has 3 saturated carbocycles. The molecule has 0 amide bonds. The van der Waals surface area contributed by atoms with Crippen molar-refractivity contribution in [3.8, 4) is 0 Å². The highest BCUT2D eigenvalue weighted by Gasteiger charge is 2.52. The largest absolute Gasteiger partial charge is 0.396 e. The number of hydrogen-bond donors (Lipinski definition) is 3. The molecule has 2 bridgehead atoms. The number of nitrogens with one attached hydrogen (secondary N) is 2.